The lowest BCUT2D eigenvalue weighted by atomic mass is 10.1. The maximum Gasteiger partial charge on any atom is 0.191 e. The van der Waals surface area contributed by atoms with Crippen LogP contribution in [0.3, 0.4) is 0 Å². The van der Waals surface area contributed by atoms with Crippen LogP contribution >= 0.6 is 24.0 Å². The molecular weight excluding hydrogens is 460 g/mol. The largest absolute Gasteiger partial charge is 0.508 e. The Kier molecular flexibility index (Phi) is 9.92. The molecule has 148 valence electrons. The van der Waals surface area contributed by atoms with E-state index in [1.54, 1.807) is 31.4 Å². The quantitative estimate of drug-likeness (QED) is 0.316. The second-order valence-electron chi connectivity index (χ2n) is 5.94. The van der Waals surface area contributed by atoms with E-state index in [9.17, 15) is 9.50 Å². The molecule has 0 saturated carbocycles. The Morgan fingerprint density at radius 3 is 2.59 bits per heavy atom. The summed E-state index contributed by atoms with van der Waals surface area (Å²) >= 11 is 0. The van der Waals surface area contributed by atoms with E-state index in [2.05, 4.69) is 15.6 Å². The summed E-state index contributed by atoms with van der Waals surface area (Å²) in [6.07, 6.45) is 0.765. The number of ether oxygens (including phenoxy) is 1. The van der Waals surface area contributed by atoms with E-state index in [4.69, 9.17) is 4.74 Å². The summed E-state index contributed by atoms with van der Waals surface area (Å²) in [7, 11) is 1.59. The van der Waals surface area contributed by atoms with Crippen molar-refractivity contribution < 1.29 is 14.2 Å². The molecule has 0 bridgehead atoms. The Bertz CT molecular complexity index is 769. The minimum atomic E-state index is -0.216. The summed E-state index contributed by atoms with van der Waals surface area (Å²) in [5.41, 5.74) is 2.73. The number of nitrogens with one attached hydrogen (secondary N) is 2. The Balaban J connectivity index is 0.00000364. The Morgan fingerprint density at radius 2 is 1.93 bits per heavy atom. The molecule has 0 aliphatic carbocycles. The molecule has 0 aromatic heterocycles. The maximum atomic E-state index is 13.2. The smallest absolute Gasteiger partial charge is 0.191 e. The van der Waals surface area contributed by atoms with Gasteiger partial charge in [0.15, 0.2) is 5.96 Å². The summed E-state index contributed by atoms with van der Waals surface area (Å²) < 4.78 is 18.4. The van der Waals surface area contributed by atoms with E-state index >= 15 is 0 Å². The summed E-state index contributed by atoms with van der Waals surface area (Å²) in [4.78, 5) is 4.51. The second-order valence-corrected chi connectivity index (χ2v) is 5.94. The van der Waals surface area contributed by atoms with Crippen molar-refractivity contribution in [3.05, 3.63) is 58.9 Å². The summed E-state index contributed by atoms with van der Waals surface area (Å²) in [6.45, 7) is 5.62. The van der Waals surface area contributed by atoms with Crippen LogP contribution < -0.4 is 15.4 Å². The standard InChI is InChI=1S/C20H26FN3O2.HI/c1-4-22-20(23-10-9-15-5-6-17(21)11-14(15)2)24-13-16-12-18(26-3)7-8-19(16)25;/h5-8,11-12,25H,4,9-10,13H2,1-3H3,(H2,22,23,24);1H. The van der Waals surface area contributed by atoms with Crippen molar-refractivity contribution in [3.8, 4) is 11.5 Å². The highest BCUT2D eigenvalue weighted by Gasteiger charge is 2.05. The van der Waals surface area contributed by atoms with Gasteiger partial charge >= 0.3 is 0 Å². The first-order valence-corrected chi connectivity index (χ1v) is 8.66. The number of hydrogen-bond donors (Lipinski definition) is 3. The zero-order chi connectivity index (χ0) is 18.9. The molecule has 27 heavy (non-hydrogen) atoms. The lowest BCUT2D eigenvalue weighted by molar-refractivity contribution is 0.411. The first-order chi connectivity index (χ1) is 12.5. The van der Waals surface area contributed by atoms with Gasteiger partial charge in [-0.1, -0.05) is 6.07 Å². The molecule has 0 fully saturated rings. The predicted molar refractivity (Wildman–Crippen MR) is 118 cm³/mol. The summed E-state index contributed by atoms with van der Waals surface area (Å²) in [5, 5.41) is 16.4. The first-order valence-electron chi connectivity index (χ1n) is 8.66. The van der Waals surface area contributed by atoms with E-state index < -0.39 is 0 Å². The van der Waals surface area contributed by atoms with Crippen molar-refractivity contribution in [2.24, 2.45) is 4.99 Å². The molecule has 5 nitrogen and oxygen atoms in total. The zero-order valence-electron chi connectivity index (χ0n) is 15.9. The van der Waals surface area contributed by atoms with Crippen LogP contribution in [0.5, 0.6) is 11.5 Å². The average molecular weight is 487 g/mol. The number of aromatic hydroxyl groups is 1. The lowest BCUT2D eigenvalue weighted by Gasteiger charge is -2.13. The summed E-state index contributed by atoms with van der Waals surface area (Å²) in [5.74, 6) is 1.31. The van der Waals surface area contributed by atoms with Gasteiger partial charge < -0.3 is 20.5 Å². The molecule has 2 rings (SSSR count). The van der Waals surface area contributed by atoms with Gasteiger partial charge in [0.05, 0.1) is 13.7 Å². The molecule has 0 atom stereocenters. The van der Waals surface area contributed by atoms with Crippen molar-refractivity contribution in [1.29, 1.82) is 0 Å². The highest BCUT2D eigenvalue weighted by molar-refractivity contribution is 14.0. The SMILES string of the molecule is CCNC(=NCc1cc(OC)ccc1O)NCCc1ccc(F)cc1C.I. The van der Waals surface area contributed by atoms with Gasteiger partial charge in [-0.25, -0.2) is 9.38 Å². The number of phenolic OH excluding ortho intramolecular Hbond substituents is 1. The van der Waals surface area contributed by atoms with Gasteiger partial charge in [-0.15, -0.1) is 24.0 Å². The van der Waals surface area contributed by atoms with Gasteiger partial charge in [-0.2, -0.15) is 0 Å². The first kappa shape index (κ1) is 23.0. The van der Waals surface area contributed by atoms with Gasteiger partial charge in [0.1, 0.15) is 17.3 Å². The molecule has 0 radical (unpaired) electrons. The van der Waals surface area contributed by atoms with E-state index in [1.807, 2.05) is 19.9 Å². The third kappa shape index (κ3) is 7.24. The van der Waals surface area contributed by atoms with Crippen LogP contribution in [0.1, 0.15) is 23.6 Å². The van der Waals surface area contributed by atoms with Gasteiger partial charge in [-0.05, 0) is 61.7 Å². The van der Waals surface area contributed by atoms with Gasteiger partial charge in [0, 0.05) is 18.7 Å². The highest BCUT2D eigenvalue weighted by Crippen LogP contribution is 2.23. The number of nitrogens with zero attached hydrogens (tertiary/aromatic N) is 1. The third-order valence-corrected chi connectivity index (χ3v) is 4.03. The fraction of sp³-hybridized carbons (Fsp3) is 0.350. The fourth-order valence-electron chi connectivity index (χ4n) is 2.58. The monoisotopic (exact) mass is 487 g/mol. The van der Waals surface area contributed by atoms with Crippen LogP contribution in [0.15, 0.2) is 41.4 Å². The molecule has 0 heterocycles. The van der Waals surface area contributed by atoms with Crippen molar-refractivity contribution in [2.75, 3.05) is 20.2 Å². The van der Waals surface area contributed by atoms with Crippen LogP contribution in [0.2, 0.25) is 0 Å². The minimum Gasteiger partial charge on any atom is -0.508 e. The number of aliphatic imine (C=N–C) groups is 1. The second kappa shape index (κ2) is 11.6. The predicted octanol–water partition coefficient (Wildman–Crippen LogP) is 3.76. The normalized spacial score (nSPS) is 10.9. The molecule has 0 spiro atoms. The topological polar surface area (TPSA) is 65.9 Å². The molecule has 3 N–H and O–H groups in total. The van der Waals surface area contributed by atoms with Crippen molar-refractivity contribution >= 4 is 29.9 Å². The lowest BCUT2D eigenvalue weighted by Crippen LogP contribution is -2.38. The summed E-state index contributed by atoms with van der Waals surface area (Å²) in [6, 6.07) is 9.90. The molecular formula is C20H27FIN3O2. The number of methoxy groups -OCH3 is 1. The molecule has 2 aromatic carbocycles. The minimum absolute atomic E-state index is 0. The van der Waals surface area contributed by atoms with Crippen molar-refractivity contribution in [2.45, 2.75) is 26.8 Å². The fourth-order valence-corrected chi connectivity index (χ4v) is 2.58. The van der Waals surface area contributed by atoms with Crippen LogP contribution in [0, 0.1) is 12.7 Å². The number of hydrogen-bond acceptors (Lipinski definition) is 3. The number of aryl methyl sites for hydroxylation is 1. The molecule has 0 amide bonds. The van der Waals surface area contributed by atoms with E-state index in [0.29, 0.717) is 30.4 Å². The number of phenols is 1. The molecule has 2 aromatic rings. The molecule has 0 unspecified atom stereocenters. The van der Waals surface area contributed by atoms with Crippen molar-refractivity contribution in [3.63, 3.8) is 0 Å². The number of benzene rings is 2. The van der Waals surface area contributed by atoms with Crippen molar-refractivity contribution in [1.82, 2.24) is 10.6 Å². The Labute approximate surface area is 177 Å². The van der Waals surface area contributed by atoms with Crippen LogP contribution in [-0.2, 0) is 13.0 Å². The molecule has 7 heteroatoms. The van der Waals surface area contributed by atoms with Crippen LogP contribution in [0.25, 0.3) is 0 Å². The van der Waals surface area contributed by atoms with Crippen LogP contribution in [0.4, 0.5) is 4.39 Å². The number of guanidine groups is 1. The number of halogens is 2. The van der Waals surface area contributed by atoms with E-state index in [0.717, 1.165) is 24.1 Å². The zero-order valence-corrected chi connectivity index (χ0v) is 18.2. The molecule has 0 aliphatic heterocycles. The number of rotatable bonds is 7. The van der Waals surface area contributed by atoms with Gasteiger partial charge in [-0.3, -0.25) is 0 Å². The van der Waals surface area contributed by atoms with Crippen LogP contribution in [-0.4, -0.2) is 31.3 Å². The Morgan fingerprint density at radius 1 is 1.15 bits per heavy atom. The maximum absolute atomic E-state index is 13.2. The average Bonchev–Trinajstić information content (AvgIpc) is 2.62. The Hall–Kier alpha value is -2.03. The van der Waals surface area contributed by atoms with E-state index in [-0.39, 0.29) is 35.5 Å². The molecule has 0 saturated heterocycles. The highest BCUT2D eigenvalue weighted by atomic mass is 127. The third-order valence-electron chi connectivity index (χ3n) is 4.03. The molecule has 0 aliphatic rings. The van der Waals surface area contributed by atoms with Gasteiger partial charge in [0.2, 0.25) is 0 Å². The van der Waals surface area contributed by atoms with Gasteiger partial charge in [0.25, 0.3) is 0 Å². The van der Waals surface area contributed by atoms with E-state index in [1.165, 1.54) is 6.07 Å².